The number of imide groups is 1. The van der Waals surface area contributed by atoms with Gasteiger partial charge >= 0.3 is 0 Å². The van der Waals surface area contributed by atoms with E-state index in [-0.39, 0.29) is 24.1 Å². The fourth-order valence-corrected chi connectivity index (χ4v) is 5.99. The van der Waals surface area contributed by atoms with Crippen molar-refractivity contribution in [1.82, 2.24) is 20.1 Å². The van der Waals surface area contributed by atoms with Gasteiger partial charge < -0.3 is 4.90 Å². The highest BCUT2D eigenvalue weighted by Gasteiger charge is 2.39. The van der Waals surface area contributed by atoms with Gasteiger partial charge in [-0.2, -0.15) is 0 Å². The number of hydrogen-bond donors (Lipinski definition) is 1. The number of benzene rings is 1. The lowest BCUT2D eigenvalue weighted by molar-refractivity contribution is -0.136. The quantitative estimate of drug-likeness (QED) is 0.713. The van der Waals surface area contributed by atoms with Crippen molar-refractivity contribution in [2.45, 2.75) is 70.5 Å². The van der Waals surface area contributed by atoms with E-state index in [1.165, 1.54) is 55.6 Å². The average molecular weight is 459 g/mol. The second-order valence-corrected chi connectivity index (χ2v) is 10.1. The molecule has 1 atom stereocenters. The van der Waals surface area contributed by atoms with E-state index in [9.17, 15) is 14.4 Å². The summed E-state index contributed by atoms with van der Waals surface area (Å²) in [5.41, 5.74) is 7.65. The first-order chi connectivity index (χ1) is 16.6. The molecule has 2 fully saturated rings. The monoisotopic (exact) mass is 458 g/mol. The van der Waals surface area contributed by atoms with Gasteiger partial charge in [-0.25, -0.2) is 0 Å². The summed E-state index contributed by atoms with van der Waals surface area (Å²) < 4.78 is 0. The van der Waals surface area contributed by atoms with Crippen molar-refractivity contribution >= 4 is 17.7 Å². The number of aromatic nitrogens is 1. The Hall–Kier alpha value is -3.06. The predicted octanol–water partition coefficient (Wildman–Crippen LogP) is 2.98. The first kappa shape index (κ1) is 21.5. The van der Waals surface area contributed by atoms with Crippen LogP contribution in [0.1, 0.15) is 71.3 Å². The number of amides is 3. The second-order valence-electron chi connectivity index (χ2n) is 10.1. The van der Waals surface area contributed by atoms with Crippen molar-refractivity contribution in [2.24, 2.45) is 0 Å². The third-order valence-corrected chi connectivity index (χ3v) is 7.80. The van der Waals surface area contributed by atoms with E-state index in [2.05, 4.69) is 22.3 Å². The lowest BCUT2D eigenvalue weighted by Gasteiger charge is -2.29. The highest BCUT2D eigenvalue weighted by atomic mass is 16.2. The average Bonchev–Trinajstić information content (AvgIpc) is 3.46. The molecule has 6 rings (SSSR count). The number of piperidine rings is 1. The molecular weight excluding hydrogens is 428 g/mol. The fourth-order valence-electron chi connectivity index (χ4n) is 5.99. The van der Waals surface area contributed by atoms with Crippen LogP contribution in [0.3, 0.4) is 0 Å². The van der Waals surface area contributed by atoms with E-state index in [4.69, 9.17) is 4.98 Å². The molecule has 1 aliphatic carbocycles. The molecule has 1 aromatic carbocycles. The number of pyridine rings is 1. The number of fused-ring (bicyclic) bond motifs is 2. The van der Waals surface area contributed by atoms with Gasteiger partial charge in [-0.15, -0.1) is 0 Å². The van der Waals surface area contributed by atoms with Crippen LogP contribution in [-0.2, 0) is 35.5 Å². The van der Waals surface area contributed by atoms with Crippen molar-refractivity contribution in [1.29, 1.82) is 0 Å². The Kier molecular flexibility index (Phi) is 5.44. The maximum atomic E-state index is 13.0. The molecule has 3 amide bonds. The summed E-state index contributed by atoms with van der Waals surface area (Å²) in [5, 5.41) is 2.37. The third kappa shape index (κ3) is 3.82. The number of nitrogens with one attached hydrogen (secondary N) is 1. The van der Waals surface area contributed by atoms with Crippen LogP contribution >= 0.6 is 0 Å². The van der Waals surface area contributed by atoms with Crippen LogP contribution in [0.5, 0.6) is 0 Å². The summed E-state index contributed by atoms with van der Waals surface area (Å²) in [6.07, 6.45) is 7.77. The van der Waals surface area contributed by atoms with Crippen LogP contribution in [0.4, 0.5) is 0 Å². The molecule has 34 heavy (non-hydrogen) atoms. The topological polar surface area (TPSA) is 82.6 Å². The van der Waals surface area contributed by atoms with E-state index in [1.54, 1.807) is 4.90 Å². The Bertz CT molecular complexity index is 1180. The van der Waals surface area contributed by atoms with Gasteiger partial charge in [0.2, 0.25) is 11.8 Å². The first-order valence-corrected chi connectivity index (χ1v) is 12.6. The molecule has 1 N–H and O–H groups in total. The molecule has 1 unspecified atom stereocenters. The number of carbonyl (C=O) groups excluding carboxylic acids is 3. The molecule has 2 saturated heterocycles. The van der Waals surface area contributed by atoms with E-state index < -0.39 is 6.04 Å². The summed E-state index contributed by atoms with van der Waals surface area (Å²) in [7, 11) is 0. The zero-order valence-corrected chi connectivity index (χ0v) is 19.4. The highest BCUT2D eigenvalue weighted by Crippen LogP contribution is 2.33. The fraction of sp³-hybridized carbons (Fsp3) is 0.481. The number of nitrogens with zero attached hydrogens (tertiary/aromatic N) is 3. The number of rotatable bonds is 4. The summed E-state index contributed by atoms with van der Waals surface area (Å²) in [4.78, 5) is 46.2. The molecule has 0 spiro atoms. The zero-order chi connectivity index (χ0) is 23.2. The molecule has 176 valence electrons. The molecule has 4 heterocycles. The molecule has 0 saturated carbocycles. The molecule has 0 radical (unpaired) electrons. The number of carbonyl (C=O) groups is 3. The maximum Gasteiger partial charge on any atom is 0.255 e. The molecule has 3 aliphatic heterocycles. The highest BCUT2D eigenvalue weighted by molar-refractivity contribution is 6.05. The Morgan fingerprint density at radius 2 is 1.79 bits per heavy atom. The van der Waals surface area contributed by atoms with Crippen LogP contribution in [0.2, 0.25) is 0 Å². The van der Waals surface area contributed by atoms with Gasteiger partial charge in [0.25, 0.3) is 5.91 Å². The van der Waals surface area contributed by atoms with Gasteiger partial charge in [-0.3, -0.25) is 29.6 Å². The van der Waals surface area contributed by atoms with Crippen molar-refractivity contribution in [2.75, 3.05) is 13.1 Å². The van der Waals surface area contributed by atoms with Crippen molar-refractivity contribution in [3.8, 4) is 11.3 Å². The number of hydrogen-bond acceptors (Lipinski definition) is 5. The minimum atomic E-state index is -0.588. The van der Waals surface area contributed by atoms with Crippen molar-refractivity contribution < 1.29 is 14.4 Å². The van der Waals surface area contributed by atoms with Crippen LogP contribution in [-0.4, -0.2) is 51.6 Å². The van der Waals surface area contributed by atoms with Gasteiger partial charge in [0.05, 0.1) is 5.69 Å². The first-order valence-electron chi connectivity index (χ1n) is 12.6. The largest absolute Gasteiger partial charge is 0.322 e. The van der Waals surface area contributed by atoms with Crippen LogP contribution in [0.15, 0.2) is 24.3 Å². The molecule has 2 aromatic rings. The van der Waals surface area contributed by atoms with E-state index in [0.29, 0.717) is 18.5 Å². The zero-order valence-electron chi connectivity index (χ0n) is 19.4. The van der Waals surface area contributed by atoms with Gasteiger partial charge in [0.15, 0.2) is 0 Å². The van der Waals surface area contributed by atoms with Crippen LogP contribution < -0.4 is 5.32 Å². The molecule has 7 heteroatoms. The molecule has 7 nitrogen and oxygen atoms in total. The predicted molar refractivity (Wildman–Crippen MR) is 127 cm³/mol. The summed E-state index contributed by atoms with van der Waals surface area (Å²) >= 11 is 0. The minimum Gasteiger partial charge on any atom is -0.322 e. The lowest BCUT2D eigenvalue weighted by atomic mass is 9.90. The van der Waals surface area contributed by atoms with Gasteiger partial charge in [-0.05, 0) is 92.9 Å². The van der Waals surface area contributed by atoms with E-state index in [0.717, 1.165) is 36.2 Å². The van der Waals surface area contributed by atoms with Gasteiger partial charge in [0.1, 0.15) is 6.04 Å². The molecule has 4 aliphatic rings. The lowest BCUT2D eigenvalue weighted by Crippen LogP contribution is -2.52. The third-order valence-electron chi connectivity index (χ3n) is 7.80. The number of aryl methyl sites for hydroxylation is 1. The summed E-state index contributed by atoms with van der Waals surface area (Å²) in [6, 6.07) is 7.60. The van der Waals surface area contributed by atoms with E-state index in [1.807, 2.05) is 12.1 Å². The molecular formula is C27H30N4O3. The van der Waals surface area contributed by atoms with Gasteiger partial charge in [-0.1, -0.05) is 6.07 Å². The Balaban J connectivity index is 1.31. The van der Waals surface area contributed by atoms with Crippen molar-refractivity contribution in [3.63, 3.8) is 0 Å². The molecule has 0 bridgehead atoms. The standard InChI is InChI=1S/C27H30N4O3/c32-25-10-9-24(26(33)29-25)31-16-18-13-17(7-8-21(18)27(31)34)23-14-19(15-30-11-3-4-12-30)20-5-1-2-6-22(20)28-23/h7-8,13-14,24H,1-6,9-12,15-16H2,(H,29,32,33). The SMILES string of the molecule is O=C1CCC(N2Cc3cc(-c4cc(CN5CCCC5)c5c(n4)CCCC5)ccc3C2=O)C(=O)N1. The van der Waals surface area contributed by atoms with Crippen LogP contribution in [0.25, 0.3) is 11.3 Å². The summed E-state index contributed by atoms with van der Waals surface area (Å²) in [5.74, 6) is -0.777. The maximum absolute atomic E-state index is 13.0. The van der Waals surface area contributed by atoms with E-state index >= 15 is 0 Å². The number of likely N-dealkylation sites (tertiary alicyclic amines) is 1. The Morgan fingerprint density at radius 3 is 2.62 bits per heavy atom. The minimum absolute atomic E-state index is 0.135. The summed E-state index contributed by atoms with van der Waals surface area (Å²) in [6.45, 7) is 3.72. The van der Waals surface area contributed by atoms with Gasteiger partial charge in [0, 0.05) is 36.3 Å². The molecule has 1 aromatic heterocycles. The Labute approximate surface area is 199 Å². The normalized spacial score (nSPS) is 22.6. The Morgan fingerprint density at radius 1 is 0.971 bits per heavy atom. The van der Waals surface area contributed by atoms with Crippen molar-refractivity contribution in [3.05, 3.63) is 52.2 Å². The smallest absolute Gasteiger partial charge is 0.255 e. The second kappa shape index (κ2) is 8.62. The van der Waals surface area contributed by atoms with Crippen LogP contribution in [0, 0.1) is 0 Å².